The van der Waals surface area contributed by atoms with Crippen molar-refractivity contribution in [1.82, 2.24) is 4.57 Å². The summed E-state index contributed by atoms with van der Waals surface area (Å²) in [6, 6.07) is 79.0. The van der Waals surface area contributed by atoms with Crippen molar-refractivity contribution in [1.29, 1.82) is 0 Å². The maximum absolute atomic E-state index is 2.47. The van der Waals surface area contributed by atoms with Gasteiger partial charge in [-0.2, -0.15) is 0 Å². The fourth-order valence-electron chi connectivity index (χ4n) is 8.09. The highest BCUT2D eigenvalue weighted by Gasteiger charge is 2.24. The first kappa shape index (κ1) is 31.6. The lowest BCUT2D eigenvalue weighted by Crippen LogP contribution is -2.12. The van der Waals surface area contributed by atoms with Gasteiger partial charge in [0, 0.05) is 27.6 Å². The maximum Gasteiger partial charge on any atom is 0.0562 e. The first-order chi connectivity index (χ1) is 26.8. The Kier molecular flexibility index (Phi) is 7.85. The highest BCUT2D eigenvalue weighted by Crippen LogP contribution is 2.48. The first-order valence-corrected chi connectivity index (χ1v) is 18.5. The van der Waals surface area contributed by atoms with Crippen molar-refractivity contribution < 1.29 is 0 Å². The molecule has 9 aromatic carbocycles. The zero-order valence-corrected chi connectivity index (χ0v) is 29.7. The number of aromatic nitrogens is 1. The third-order valence-corrected chi connectivity index (χ3v) is 10.6. The second-order valence-corrected chi connectivity index (χ2v) is 13.7. The number of nitrogens with zero attached hydrogens (tertiary/aromatic N) is 2. The predicted octanol–water partition coefficient (Wildman–Crippen LogP) is 14.4. The van der Waals surface area contributed by atoms with Crippen molar-refractivity contribution in [2.24, 2.45) is 0 Å². The minimum atomic E-state index is 1.10. The van der Waals surface area contributed by atoms with E-state index in [-0.39, 0.29) is 0 Å². The molecule has 1 heterocycles. The van der Waals surface area contributed by atoms with E-state index >= 15 is 0 Å². The molecule has 0 aliphatic carbocycles. The number of benzene rings is 9. The normalized spacial score (nSPS) is 11.3. The van der Waals surface area contributed by atoms with Crippen LogP contribution in [0, 0.1) is 0 Å². The average Bonchev–Trinajstić information content (AvgIpc) is 3.59. The smallest absolute Gasteiger partial charge is 0.0562 e. The lowest BCUT2D eigenvalue weighted by molar-refractivity contribution is 1.18. The molecule has 2 heteroatoms. The van der Waals surface area contributed by atoms with Crippen LogP contribution >= 0.6 is 0 Å². The van der Waals surface area contributed by atoms with Crippen LogP contribution in [0.4, 0.5) is 17.1 Å². The summed E-state index contributed by atoms with van der Waals surface area (Å²) in [7, 11) is 0. The Hall–Kier alpha value is -7.16. The number of rotatable bonds is 7. The zero-order chi connectivity index (χ0) is 35.8. The van der Waals surface area contributed by atoms with Crippen LogP contribution in [0.15, 0.2) is 218 Å². The highest BCUT2D eigenvalue weighted by atomic mass is 15.2. The molecule has 0 fully saturated rings. The van der Waals surface area contributed by atoms with Crippen molar-refractivity contribution in [3.63, 3.8) is 0 Å². The molecule has 2 nitrogen and oxygen atoms in total. The Balaban J connectivity index is 1.29. The van der Waals surface area contributed by atoms with Gasteiger partial charge in [-0.05, 0) is 81.6 Å². The first-order valence-electron chi connectivity index (χ1n) is 18.5. The van der Waals surface area contributed by atoms with E-state index in [0.29, 0.717) is 0 Å². The Labute approximate surface area is 315 Å². The SMILES string of the molecule is c1ccc(-c2ccc(-c3ccc4ccccc4c3)c(N(c3ccccc3)c3cccc4c3c3ccccc3n4-c3ccccc3-c3ccccc3)c2)cc1. The Morgan fingerprint density at radius 2 is 0.963 bits per heavy atom. The molecule has 0 amide bonds. The topological polar surface area (TPSA) is 8.17 Å². The molecule has 0 bridgehead atoms. The average molecular weight is 689 g/mol. The standard InChI is InChI=1S/C52H36N2/c1-4-17-37(18-5-1)41-33-34-45(42-32-31-38-19-10-11-22-40(38)35-42)51(36-41)53(43-23-8-3-9-24-43)49-29-16-30-50-52(49)46-26-13-15-28-48(46)54(50)47-27-14-12-25-44(47)39-20-6-2-7-21-39/h1-36H. The summed E-state index contributed by atoms with van der Waals surface area (Å²) in [6.07, 6.45) is 0. The molecule has 0 atom stereocenters. The molecule has 54 heavy (non-hydrogen) atoms. The summed E-state index contributed by atoms with van der Waals surface area (Å²) >= 11 is 0. The molecular formula is C52H36N2. The van der Waals surface area contributed by atoms with E-state index in [1.807, 2.05) is 0 Å². The number of hydrogen-bond acceptors (Lipinski definition) is 1. The molecule has 10 rings (SSSR count). The molecule has 1 aromatic heterocycles. The number of anilines is 3. The lowest BCUT2D eigenvalue weighted by atomic mass is 9.95. The fourth-order valence-corrected chi connectivity index (χ4v) is 8.09. The Morgan fingerprint density at radius 3 is 1.78 bits per heavy atom. The molecular weight excluding hydrogens is 653 g/mol. The van der Waals surface area contributed by atoms with E-state index in [4.69, 9.17) is 0 Å². The Morgan fingerprint density at radius 1 is 0.333 bits per heavy atom. The van der Waals surface area contributed by atoms with E-state index in [1.165, 1.54) is 60.4 Å². The number of fused-ring (bicyclic) bond motifs is 4. The minimum Gasteiger partial charge on any atom is -0.309 e. The molecule has 0 spiro atoms. The summed E-state index contributed by atoms with van der Waals surface area (Å²) < 4.78 is 2.45. The zero-order valence-electron chi connectivity index (χ0n) is 29.7. The summed E-state index contributed by atoms with van der Waals surface area (Å²) in [6.45, 7) is 0. The molecule has 0 saturated heterocycles. The van der Waals surface area contributed by atoms with Gasteiger partial charge in [-0.3, -0.25) is 0 Å². The van der Waals surface area contributed by atoms with Gasteiger partial charge in [0.05, 0.1) is 28.1 Å². The number of para-hydroxylation sites is 3. The van der Waals surface area contributed by atoms with E-state index in [0.717, 1.165) is 28.3 Å². The summed E-state index contributed by atoms with van der Waals surface area (Å²) in [5, 5.41) is 4.87. The molecule has 0 aliphatic rings. The quantitative estimate of drug-likeness (QED) is 0.162. The Bertz CT molecular complexity index is 2930. The van der Waals surface area contributed by atoms with Crippen LogP contribution in [-0.2, 0) is 0 Å². The highest BCUT2D eigenvalue weighted by molar-refractivity contribution is 6.17. The molecule has 0 saturated carbocycles. The van der Waals surface area contributed by atoms with Gasteiger partial charge in [-0.25, -0.2) is 0 Å². The predicted molar refractivity (Wildman–Crippen MR) is 229 cm³/mol. The molecule has 0 unspecified atom stereocenters. The van der Waals surface area contributed by atoms with E-state index in [1.54, 1.807) is 0 Å². The van der Waals surface area contributed by atoms with Crippen molar-refractivity contribution in [2.45, 2.75) is 0 Å². The monoisotopic (exact) mass is 688 g/mol. The van der Waals surface area contributed by atoms with Gasteiger partial charge >= 0.3 is 0 Å². The molecule has 0 aliphatic heterocycles. The van der Waals surface area contributed by atoms with Gasteiger partial charge in [0.15, 0.2) is 0 Å². The largest absolute Gasteiger partial charge is 0.309 e. The third-order valence-electron chi connectivity index (χ3n) is 10.6. The second-order valence-electron chi connectivity index (χ2n) is 13.7. The summed E-state index contributed by atoms with van der Waals surface area (Å²) in [4.78, 5) is 2.47. The van der Waals surface area contributed by atoms with Crippen LogP contribution in [0.2, 0.25) is 0 Å². The summed E-state index contributed by atoms with van der Waals surface area (Å²) in [5.74, 6) is 0. The van der Waals surface area contributed by atoms with Crippen LogP contribution in [-0.4, -0.2) is 4.57 Å². The van der Waals surface area contributed by atoms with Gasteiger partial charge in [0.2, 0.25) is 0 Å². The van der Waals surface area contributed by atoms with Crippen LogP contribution in [0.25, 0.3) is 71.6 Å². The van der Waals surface area contributed by atoms with Crippen molar-refractivity contribution in [2.75, 3.05) is 4.90 Å². The summed E-state index contributed by atoms with van der Waals surface area (Å²) in [5.41, 5.74) is 13.9. The maximum atomic E-state index is 2.47. The second kappa shape index (κ2) is 13.4. The van der Waals surface area contributed by atoms with E-state index < -0.39 is 0 Å². The van der Waals surface area contributed by atoms with Gasteiger partial charge in [0.1, 0.15) is 0 Å². The van der Waals surface area contributed by atoms with Crippen molar-refractivity contribution in [3.05, 3.63) is 218 Å². The van der Waals surface area contributed by atoms with Gasteiger partial charge < -0.3 is 9.47 Å². The molecule has 0 radical (unpaired) electrons. The van der Waals surface area contributed by atoms with Gasteiger partial charge in [0.25, 0.3) is 0 Å². The van der Waals surface area contributed by atoms with E-state index in [9.17, 15) is 0 Å². The number of hydrogen-bond donors (Lipinski definition) is 0. The third kappa shape index (κ3) is 5.44. The lowest BCUT2D eigenvalue weighted by Gasteiger charge is -2.29. The van der Waals surface area contributed by atoms with Gasteiger partial charge in [-0.1, -0.05) is 170 Å². The minimum absolute atomic E-state index is 1.10. The van der Waals surface area contributed by atoms with Crippen molar-refractivity contribution >= 4 is 49.6 Å². The van der Waals surface area contributed by atoms with Crippen LogP contribution in [0.1, 0.15) is 0 Å². The van der Waals surface area contributed by atoms with Crippen molar-refractivity contribution in [3.8, 4) is 39.1 Å². The van der Waals surface area contributed by atoms with Crippen LogP contribution < -0.4 is 4.90 Å². The van der Waals surface area contributed by atoms with E-state index in [2.05, 4.69) is 228 Å². The molecule has 0 N–H and O–H groups in total. The molecule has 254 valence electrons. The van der Waals surface area contributed by atoms with Crippen LogP contribution in [0.3, 0.4) is 0 Å². The molecule has 10 aromatic rings. The van der Waals surface area contributed by atoms with Crippen LogP contribution in [0.5, 0.6) is 0 Å². The fraction of sp³-hybridized carbons (Fsp3) is 0. The van der Waals surface area contributed by atoms with Gasteiger partial charge in [-0.15, -0.1) is 0 Å².